The van der Waals surface area contributed by atoms with Crippen molar-refractivity contribution in [2.45, 2.75) is 19.4 Å². The van der Waals surface area contributed by atoms with Crippen LogP contribution in [-0.4, -0.2) is 0 Å². The van der Waals surface area contributed by atoms with Crippen molar-refractivity contribution < 1.29 is 4.39 Å². The summed E-state index contributed by atoms with van der Waals surface area (Å²) in [5, 5.41) is 4.43. The van der Waals surface area contributed by atoms with E-state index in [0.717, 1.165) is 12.0 Å². The number of hydrogen-bond donors (Lipinski definition) is 1. The lowest BCUT2D eigenvalue weighted by Gasteiger charge is -2.21. The van der Waals surface area contributed by atoms with Crippen LogP contribution in [0.1, 0.15) is 24.9 Å². The fourth-order valence-corrected chi connectivity index (χ4v) is 2.77. The van der Waals surface area contributed by atoms with Crippen LogP contribution < -0.4 is 5.32 Å². The highest BCUT2D eigenvalue weighted by molar-refractivity contribution is 6.39. The predicted octanol–water partition coefficient (Wildman–Crippen LogP) is 6.35. The van der Waals surface area contributed by atoms with Gasteiger partial charge in [-0.15, -0.1) is 0 Å². The van der Waals surface area contributed by atoms with Crippen LogP contribution in [0.2, 0.25) is 15.1 Å². The average Bonchev–Trinajstić information content (AvgIpc) is 2.38. The Hall–Kier alpha value is -0.960. The van der Waals surface area contributed by atoms with Crippen molar-refractivity contribution in [2.75, 3.05) is 5.32 Å². The molecule has 0 aromatic heterocycles. The van der Waals surface area contributed by atoms with Crippen molar-refractivity contribution in [1.82, 2.24) is 0 Å². The summed E-state index contributed by atoms with van der Waals surface area (Å²) in [6.45, 7) is 2.03. The molecule has 20 heavy (non-hydrogen) atoms. The zero-order chi connectivity index (χ0) is 14.7. The van der Waals surface area contributed by atoms with E-state index in [2.05, 4.69) is 5.32 Å². The van der Waals surface area contributed by atoms with Gasteiger partial charge in [-0.2, -0.15) is 0 Å². The van der Waals surface area contributed by atoms with E-state index in [1.54, 1.807) is 0 Å². The summed E-state index contributed by atoms with van der Waals surface area (Å²) in [7, 11) is 0. The van der Waals surface area contributed by atoms with Crippen LogP contribution >= 0.6 is 34.8 Å². The van der Waals surface area contributed by atoms with Crippen molar-refractivity contribution in [3.05, 3.63) is 62.8 Å². The SMILES string of the molecule is CCC(Nc1c(Cl)cc(F)cc1Cl)c1cccc(Cl)c1. The number of rotatable bonds is 4. The minimum atomic E-state index is -0.457. The molecule has 5 heteroatoms. The Bertz CT molecular complexity index is 593. The largest absolute Gasteiger partial charge is 0.376 e. The molecule has 0 spiro atoms. The fraction of sp³-hybridized carbons (Fsp3) is 0.200. The Kier molecular flexibility index (Phi) is 5.14. The topological polar surface area (TPSA) is 12.0 Å². The van der Waals surface area contributed by atoms with Crippen LogP contribution in [0.4, 0.5) is 10.1 Å². The molecule has 1 unspecified atom stereocenters. The van der Waals surface area contributed by atoms with Gasteiger partial charge in [-0.25, -0.2) is 4.39 Å². The fourth-order valence-electron chi connectivity index (χ4n) is 2.00. The molecule has 0 heterocycles. The first kappa shape index (κ1) is 15.4. The maximum atomic E-state index is 13.2. The maximum absolute atomic E-state index is 13.2. The Morgan fingerprint density at radius 1 is 1.10 bits per heavy atom. The molecule has 2 rings (SSSR count). The molecule has 0 saturated carbocycles. The summed E-state index contributed by atoms with van der Waals surface area (Å²) in [5.74, 6) is -0.457. The molecule has 106 valence electrons. The van der Waals surface area contributed by atoms with Gasteiger partial charge >= 0.3 is 0 Å². The zero-order valence-corrected chi connectivity index (χ0v) is 13.0. The van der Waals surface area contributed by atoms with E-state index >= 15 is 0 Å². The number of anilines is 1. The summed E-state index contributed by atoms with van der Waals surface area (Å²) in [6.07, 6.45) is 0.810. The van der Waals surface area contributed by atoms with Crippen LogP contribution in [0.25, 0.3) is 0 Å². The molecular weight excluding hydrogens is 320 g/mol. The quantitative estimate of drug-likeness (QED) is 0.688. The lowest BCUT2D eigenvalue weighted by atomic mass is 10.0. The monoisotopic (exact) mass is 331 g/mol. The first-order chi connectivity index (χ1) is 9.51. The van der Waals surface area contributed by atoms with Gasteiger partial charge in [0, 0.05) is 5.02 Å². The first-order valence-electron chi connectivity index (χ1n) is 6.17. The molecule has 2 aromatic rings. The third-order valence-electron chi connectivity index (χ3n) is 2.98. The van der Waals surface area contributed by atoms with Gasteiger partial charge in [-0.05, 0) is 36.2 Å². The molecule has 0 fully saturated rings. The van der Waals surface area contributed by atoms with Gasteiger partial charge in [0.1, 0.15) is 5.82 Å². The van der Waals surface area contributed by atoms with Gasteiger partial charge < -0.3 is 5.32 Å². The summed E-state index contributed by atoms with van der Waals surface area (Å²) < 4.78 is 13.2. The van der Waals surface area contributed by atoms with Crippen molar-refractivity contribution in [3.8, 4) is 0 Å². The van der Waals surface area contributed by atoms with E-state index in [0.29, 0.717) is 10.7 Å². The normalized spacial score (nSPS) is 12.2. The summed E-state index contributed by atoms with van der Waals surface area (Å²) >= 11 is 18.1. The van der Waals surface area contributed by atoms with E-state index in [9.17, 15) is 4.39 Å². The lowest BCUT2D eigenvalue weighted by molar-refractivity contribution is 0.628. The van der Waals surface area contributed by atoms with E-state index in [4.69, 9.17) is 34.8 Å². The first-order valence-corrected chi connectivity index (χ1v) is 7.31. The van der Waals surface area contributed by atoms with Gasteiger partial charge in [0.25, 0.3) is 0 Å². The van der Waals surface area contributed by atoms with Gasteiger partial charge in [-0.1, -0.05) is 53.9 Å². The molecule has 0 bridgehead atoms. The molecule has 0 aliphatic carbocycles. The molecule has 0 radical (unpaired) electrons. The standard InChI is InChI=1S/C15H13Cl3FN/c1-2-14(9-4-3-5-10(16)6-9)20-15-12(17)7-11(19)8-13(15)18/h3-8,14,20H,2H2,1H3. The van der Waals surface area contributed by atoms with Crippen LogP contribution in [-0.2, 0) is 0 Å². The highest BCUT2D eigenvalue weighted by Crippen LogP contribution is 2.35. The Morgan fingerprint density at radius 3 is 2.30 bits per heavy atom. The van der Waals surface area contributed by atoms with Crippen molar-refractivity contribution in [3.63, 3.8) is 0 Å². The molecule has 1 nitrogen and oxygen atoms in total. The van der Waals surface area contributed by atoms with Crippen molar-refractivity contribution in [2.24, 2.45) is 0 Å². The number of halogens is 4. The zero-order valence-electron chi connectivity index (χ0n) is 10.8. The van der Waals surface area contributed by atoms with Crippen LogP contribution in [0.3, 0.4) is 0 Å². The van der Waals surface area contributed by atoms with E-state index < -0.39 is 5.82 Å². The lowest BCUT2D eigenvalue weighted by Crippen LogP contribution is -2.10. The molecule has 1 N–H and O–H groups in total. The number of benzene rings is 2. The predicted molar refractivity (Wildman–Crippen MR) is 84.5 cm³/mol. The van der Waals surface area contributed by atoms with Gasteiger partial charge in [0.05, 0.1) is 21.8 Å². The minimum Gasteiger partial charge on any atom is -0.376 e. The van der Waals surface area contributed by atoms with Crippen LogP contribution in [0.15, 0.2) is 36.4 Å². The second kappa shape index (κ2) is 6.66. The van der Waals surface area contributed by atoms with Gasteiger partial charge in [0.15, 0.2) is 0 Å². The van der Waals surface area contributed by atoms with E-state index in [1.165, 1.54) is 12.1 Å². The van der Waals surface area contributed by atoms with E-state index in [1.807, 2.05) is 31.2 Å². The van der Waals surface area contributed by atoms with Crippen molar-refractivity contribution in [1.29, 1.82) is 0 Å². The average molecular weight is 333 g/mol. The smallest absolute Gasteiger partial charge is 0.126 e. The highest BCUT2D eigenvalue weighted by atomic mass is 35.5. The number of hydrogen-bond acceptors (Lipinski definition) is 1. The molecule has 1 atom stereocenters. The highest BCUT2D eigenvalue weighted by Gasteiger charge is 2.14. The minimum absolute atomic E-state index is 0.00541. The second-order valence-electron chi connectivity index (χ2n) is 4.40. The van der Waals surface area contributed by atoms with Crippen LogP contribution in [0, 0.1) is 5.82 Å². The molecule has 2 aromatic carbocycles. The molecule has 0 aliphatic heterocycles. The summed E-state index contributed by atoms with van der Waals surface area (Å²) in [5.41, 5.74) is 1.55. The van der Waals surface area contributed by atoms with Gasteiger partial charge in [-0.3, -0.25) is 0 Å². The Morgan fingerprint density at radius 2 is 1.75 bits per heavy atom. The molecular formula is C15H13Cl3FN. The van der Waals surface area contributed by atoms with Gasteiger partial charge in [0.2, 0.25) is 0 Å². The maximum Gasteiger partial charge on any atom is 0.126 e. The van der Waals surface area contributed by atoms with Crippen LogP contribution in [0.5, 0.6) is 0 Å². The Balaban J connectivity index is 2.32. The third kappa shape index (κ3) is 3.57. The summed E-state index contributed by atoms with van der Waals surface area (Å²) in [4.78, 5) is 0. The molecule has 0 amide bonds. The second-order valence-corrected chi connectivity index (χ2v) is 5.66. The third-order valence-corrected chi connectivity index (χ3v) is 3.82. The molecule has 0 aliphatic rings. The molecule has 0 saturated heterocycles. The van der Waals surface area contributed by atoms with E-state index in [-0.39, 0.29) is 16.1 Å². The van der Waals surface area contributed by atoms with Crippen molar-refractivity contribution >= 4 is 40.5 Å². The summed E-state index contributed by atoms with van der Waals surface area (Å²) in [6, 6.07) is 10.0. The Labute approximate surface area is 132 Å². The number of nitrogens with one attached hydrogen (secondary N) is 1.